The number of aromatic nitrogens is 2. The smallest absolute Gasteiger partial charge is 0.158 e. The first-order valence-corrected chi connectivity index (χ1v) is 8.28. The zero-order valence-electron chi connectivity index (χ0n) is 13.4. The molecule has 5 nitrogen and oxygen atoms in total. The fourth-order valence-electron chi connectivity index (χ4n) is 2.55. The Hall–Kier alpha value is -1.36. The Kier molecular flexibility index (Phi) is 6.73. The lowest BCUT2D eigenvalue weighted by Crippen LogP contribution is -2.25. The molecule has 0 radical (unpaired) electrons. The van der Waals surface area contributed by atoms with Crippen LogP contribution in [0.25, 0.3) is 0 Å². The van der Waals surface area contributed by atoms with Crippen LogP contribution in [-0.4, -0.2) is 36.2 Å². The summed E-state index contributed by atoms with van der Waals surface area (Å²) >= 11 is 0. The first-order valence-electron chi connectivity index (χ1n) is 8.28. The second kappa shape index (κ2) is 8.82. The van der Waals surface area contributed by atoms with Crippen LogP contribution < -0.4 is 10.2 Å². The van der Waals surface area contributed by atoms with Gasteiger partial charge in [0.1, 0.15) is 18.2 Å². The summed E-state index contributed by atoms with van der Waals surface area (Å²) in [5.74, 6) is 2.73. The van der Waals surface area contributed by atoms with E-state index in [4.69, 9.17) is 9.72 Å². The molecular formula is C16H28N4O. The van der Waals surface area contributed by atoms with Crippen molar-refractivity contribution in [2.24, 2.45) is 0 Å². The molecule has 0 spiro atoms. The zero-order chi connectivity index (χ0) is 14.9. The summed E-state index contributed by atoms with van der Waals surface area (Å²) < 4.78 is 5.47. The van der Waals surface area contributed by atoms with Crippen molar-refractivity contribution in [1.82, 2.24) is 9.97 Å². The standard InChI is InChI=1S/C16H28N4O/c1-3-9-17-14-12-16(19-15(18-14)13-21-4-2)20-10-7-5-6-8-11-20/h12H,3-11,13H2,1-2H3,(H,17,18,19). The van der Waals surface area contributed by atoms with Crippen molar-refractivity contribution in [3.63, 3.8) is 0 Å². The molecule has 0 aromatic carbocycles. The first kappa shape index (κ1) is 16.0. The van der Waals surface area contributed by atoms with Gasteiger partial charge in [-0.1, -0.05) is 19.8 Å². The summed E-state index contributed by atoms with van der Waals surface area (Å²) in [5.41, 5.74) is 0. The van der Waals surface area contributed by atoms with E-state index in [-0.39, 0.29) is 0 Å². The van der Waals surface area contributed by atoms with Crippen LogP contribution in [0.15, 0.2) is 6.07 Å². The molecule has 0 atom stereocenters. The molecule has 1 saturated heterocycles. The molecule has 1 aliphatic rings. The Labute approximate surface area is 128 Å². The molecule has 0 bridgehead atoms. The summed E-state index contributed by atoms with van der Waals surface area (Å²) in [7, 11) is 0. The monoisotopic (exact) mass is 292 g/mol. The minimum Gasteiger partial charge on any atom is -0.374 e. The third-order valence-corrected chi connectivity index (χ3v) is 3.68. The molecule has 2 rings (SSSR count). The molecule has 118 valence electrons. The Morgan fingerprint density at radius 1 is 1.14 bits per heavy atom. The lowest BCUT2D eigenvalue weighted by molar-refractivity contribution is 0.128. The summed E-state index contributed by atoms with van der Waals surface area (Å²) in [5, 5.41) is 3.37. The fourth-order valence-corrected chi connectivity index (χ4v) is 2.55. The van der Waals surface area contributed by atoms with E-state index < -0.39 is 0 Å². The third kappa shape index (κ3) is 5.16. The van der Waals surface area contributed by atoms with Crippen molar-refractivity contribution in [3.05, 3.63) is 11.9 Å². The van der Waals surface area contributed by atoms with E-state index in [1.54, 1.807) is 0 Å². The molecule has 21 heavy (non-hydrogen) atoms. The molecule has 0 aliphatic carbocycles. The minimum absolute atomic E-state index is 0.485. The number of nitrogens with one attached hydrogen (secondary N) is 1. The van der Waals surface area contributed by atoms with Gasteiger partial charge in [-0.2, -0.15) is 0 Å². The molecule has 0 saturated carbocycles. The van der Waals surface area contributed by atoms with Crippen molar-refractivity contribution in [3.8, 4) is 0 Å². The molecule has 0 unspecified atom stereocenters. The molecule has 1 aromatic rings. The molecule has 1 aliphatic heterocycles. The fraction of sp³-hybridized carbons (Fsp3) is 0.750. The Balaban J connectivity index is 2.16. The largest absolute Gasteiger partial charge is 0.374 e. The first-order chi connectivity index (χ1) is 10.3. The average Bonchev–Trinajstić information content (AvgIpc) is 2.80. The van der Waals surface area contributed by atoms with Crippen molar-refractivity contribution < 1.29 is 4.74 Å². The highest BCUT2D eigenvalue weighted by Crippen LogP contribution is 2.20. The van der Waals surface area contributed by atoms with Crippen LogP contribution >= 0.6 is 0 Å². The summed E-state index contributed by atoms with van der Waals surface area (Å²) in [6.07, 6.45) is 6.25. The van der Waals surface area contributed by atoms with Gasteiger partial charge < -0.3 is 15.0 Å². The number of ether oxygens (including phenoxy) is 1. The Morgan fingerprint density at radius 2 is 1.90 bits per heavy atom. The van der Waals surface area contributed by atoms with Gasteiger partial charge in [0.15, 0.2) is 5.82 Å². The quantitative estimate of drug-likeness (QED) is 0.836. The third-order valence-electron chi connectivity index (χ3n) is 3.68. The summed E-state index contributed by atoms with van der Waals surface area (Å²) in [6.45, 7) is 8.45. The van der Waals surface area contributed by atoms with Gasteiger partial charge in [-0.3, -0.25) is 0 Å². The van der Waals surface area contributed by atoms with E-state index in [9.17, 15) is 0 Å². The van der Waals surface area contributed by atoms with Gasteiger partial charge in [-0.05, 0) is 26.2 Å². The van der Waals surface area contributed by atoms with Gasteiger partial charge >= 0.3 is 0 Å². The second-order valence-electron chi connectivity index (χ2n) is 5.49. The molecule has 5 heteroatoms. The summed E-state index contributed by atoms with van der Waals surface area (Å²) in [4.78, 5) is 11.6. The number of nitrogens with zero attached hydrogens (tertiary/aromatic N) is 3. The predicted molar refractivity (Wildman–Crippen MR) is 86.8 cm³/mol. The topological polar surface area (TPSA) is 50.3 Å². The minimum atomic E-state index is 0.485. The Morgan fingerprint density at radius 3 is 2.57 bits per heavy atom. The lowest BCUT2D eigenvalue weighted by atomic mass is 10.2. The van der Waals surface area contributed by atoms with E-state index in [0.29, 0.717) is 13.2 Å². The van der Waals surface area contributed by atoms with Gasteiger partial charge in [0.2, 0.25) is 0 Å². The second-order valence-corrected chi connectivity index (χ2v) is 5.49. The van der Waals surface area contributed by atoms with E-state index in [0.717, 1.165) is 43.5 Å². The van der Waals surface area contributed by atoms with Crippen LogP contribution in [0.2, 0.25) is 0 Å². The van der Waals surface area contributed by atoms with Crippen molar-refractivity contribution in [1.29, 1.82) is 0 Å². The molecule has 2 heterocycles. The maximum atomic E-state index is 5.47. The summed E-state index contributed by atoms with van der Waals surface area (Å²) in [6, 6.07) is 2.08. The molecular weight excluding hydrogens is 264 g/mol. The average molecular weight is 292 g/mol. The van der Waals surface area contributed by atoms with Gasteiger partial charge in [-0.15, -0.1) is 0 Å². The zero-order valence-corrected chi connectivity index (χ0v) is 13.4. The van der Waals surface area contributed by atoms with Gasteiger partial charge in [0.05, 0.1) is 0 Å². The van der Waals surface area contributed by atoms with Gasteiger partial charge in [-0.25, -0.2) is 9.97 Å². The maximum absolute atomic E-state index is 5.47. The normalized spacial score (nSPS) is 15.8. The van der Waals surface area contributed by atoms with E-state index in [2.05, 4.69) is 28.2 Å². The SMILES string of the molecule is CCCNc1cc(N2CCCCCC2)nc(COCC)n1. The molecule has 0 amide bonds. The van der Waals surface area contributed by atoms with Crippen LogP contribution in [0.3, 0.4) is 0 Å². The van der Waals surface area contributed by atoms with Crippen LogP contribution in [0.1, 0.15) is 51.8 Å². The highest BCUT2D eigenvalue weighted by Gasteiger charge is 2.14. The number of rotatable bonds is 7. The van der Waals surface area contributed by atoms with Gasteiger partial charge in [0.25, 0.3) is 0 Å². The number of anilines is 2. The molecule has 1 fully saturated rings. The number of hydrogen-bond donors (Lipinski definition) is 1. The van der Waals surface area contributed by atoms with Crippen molar-refractivity contribution in [2.45, 2.75) is 52.6 Å². The van der Waals surface area contributed by atoms with Crippen molar-refractivity contribution >= 4 is 11.6 Å². The number of hydrogen-bond acceptors (Lipinski definition) is 5. The molecule has 1 aromatic heterocycles. The van der Waals surface area contributed by atoms with E-state index in [1.165, 1.54) is 25.7 Å². The Bertz CT molecular complexity index is 390. The maximum Gasteiger partial charge on any atom is 0.158 e. The molecule has 1 N–H and O–H groups in total. The van der Waals surface area contributed by atoms with Crippen LogP contribution in [-0.2, 0) is 11.3 Å². The van der Waals surface area contributed by atoms with E-state index >= 15 is 0 Å². The van der Waals surface area contributed by atoms with Gasteiger partial charge in [0, 0.05) is 32.3 Å². The predicted octanol–water partition coefficient (Wildman–Crippen LogP) is 3.22. The lowest BCUT2D eigenvalue weighted by Gasteiger charge is -2.22. The highest BCUT2D eigenvalue weighted by atomic mass is 16.5. The van der Waals surface area contributed by atoms with Crippen LogP contribution in [0, 0.1) is 0 Å². The van der Waals surface area contributed by atoms with Crippen molar-refractivity contribution in [2.75, 3.05) is 36.5 Å². The highest BCUT2D eigenvalue weighted by molar-refractivity contribution is 5.49. The van der Waals surface area contributed by atoms with Crippen LogP contribution in [0.5, 0.6) is 0 Å². The van der Waals surface area contributed by atoms with E-state index in [1.807, 2.05) is 6.92 Å². The van der Waals surface area contributed by atoms with Crippen LogP contribution in [0.4, 0.5) is 11.6 Å².